The van der Waals surface area contributed by atoms with Gasteiger partial charge in [-0.15, -0.1) is 0 Å². The second-order valence-corrected chi connectivity index (χ2v) is 3.61. The number of carbonyl (C=O) groups is 1. The van der Waals surface area contributed by atoms with E-state index in [1.807, 2.05) is 13.8 Å². The number of nitrogens with zero attached hydrogens (tertiary/aromatic N) is 1. The van der Waals surface area contributed by atoms with E-state index in [9.17, 15) is 14.9 Å². The summed E-state index contributed by atoms with van der Waals surface area (Å²) in [5.41, 5.74) is 0. The van der Waals surface area contributed by atoms with Crippen molar-refractivity contribution in [3.8, 4) is 0 Å². The van der Waals surface area contributed by atoms with Crippen molar-refractivity contribution in [1.82, 2.24) is 0 Å². The quantitative estimate of drug-likeness (QED) is 0.401. The number of rotatable bonds is 6. The molecule has 0 saturated heterocycles. The van der Waals surface area contributed by atoms with Crippen LogP contribution in [-0.4, -0.2) is 52.1 Å². The van der Waals surface area contributed by atoms with E-state index in [1.165, 1.54) is 0 Å². The molecule has 0 amide bonds. The van der Waals surface area contributed by atoms with Crippen molar-refractivity contribution in [1.29, 1.82) is 0 Å². The fraction of sp³-hybridized carbons (Fsp3) is 0.875. The van der Waals surface area contributed by atoms with Gasteiger partial charge in [0.15, 0.2) is 0 Å². The van der Waals surface area contributed by atoms with Gasteiger partial charge in [-0.1, -0.05) is 13.8 Å². The van der Waals surface area contributed by atoms with E-state index in [2.05, 4.69) is 0 Å². The van der Waals surface area contributed by atoms with Crippen molar-refractivity contribution in [3.63, 3.8) is 0 Å². The molecular formula is C8H16NNaO4. The summed E-state index contributed by atoms with van der Waals surface area (Å²) >= 11 is 0. The molecule has 0 heterocycles. The summed E-state index contributed by atoms with van der Waals surface area (Å²) in [6.07, 6.45) is 0.479. The van der Waals surface area contributed by atoms with Gasteiger partial charge in [0.05, 0.1) is 6.42 Å². The predicted octanol–water partition coefficient (Wildman–Crippen LogP) is 0.752. The number of carboxylic acid groups (broad SMARTS) is 1. The Morgan fingerprint density at radius 3 is 2.29 bits per heavy atom. The van der Waals surface area contributed by atoms with E-state index >= 15 is 0 Å². The second kappa shape index (κ2) is 8.20. The summed E-state index contributed by atoms with van der Waals surface area (Å²) in [6, 6.07) is 0. The molecule has 0 unspecified atom stereocenters. The summed E-state index contributed by atoms with van der Waals surface area (Å²) in [6.45, 7) is 3.61. The topological polar surface area (TPSA) is 80.4 Å². The van der Waals surface area contributed by atoms with Gasteiger partial charge in [0.2, 0.25) is 6.54 Å². The second-order valence-electron chi connectivity index (χ2n) is 3.61. The molecule has 0 aromatic heterocycles. The van der Waals surface area contributed by atoms with Gasteiger partial charge in [0.1, 0.15) is 0 Å². The maximum atomic E-state index is 10.4. The molecule has 0 saturated carbocycles. The predicted molar refractivity (Wildman–Crippen MR) is 54.2 cm³/mol. The third-order valence-corrected chi connectivity index (χ3v) is 1.68. The number of carboxylic acids is 1. The molecule has 0 fully saturated rings. The fourth-order valence-corrected chi connectivity index (χ4v) is 1.35. The third-order valence-electron chi connectivity index (χ3n) is 1.68. The van der Waals surface area contributed by atoms with Crippen LogP contribution in [0.2, 0.25) is 0 Å². The summed E-state index contributed by atoms with van der Waals surface area (Å²) in [5.74, 6) is -1.01. The van der Waals surface area contributed by atoms with Crippen LogP contribution < -0.4 is 0 Å². The normalized spacial score (nSPS) is 11.9. The molecule has 0 bridgehead atoms. The first-order chi connectivity index (χ1) is 5.91. The first-order valence-electron chi connectivity index (χ1n) is 4.25. The zero-order chi connectivity index (χ0) is 10.4. The van der Waals surface area contributed by atoms with Crippen LogP contribution in [0.3, 0.4) is 0 Å². The zero-order valence-electron chi connectivity index (χ0n) is 7.90. The van der Waals surface area contributed by atoms with E-state index in [-0.39, 0.29) is 48.4 Å². The van der Waals surface area contributed by atoms with Crippen molar-refractivity contribution in [3.05, 3.63) is 10.1 Å². The molecule has 0 aromatic carbocycles. The van der Waals surface area contributed by atoms with Crippen molar-refractivity contribution >= 4 is 35.5 Å². The maximum absolute atomic E-state index is 10.4. The Labute approximate surface area is 105 Å². The Morgan fingerprint density at radius 1 is 1.50 bits per heavy atom. The average molecular weight is 213 g/mol. The minimum absolute atomic E-state index is 0. The molecule has 78 valence electrons. The monoisotopic (exact) mass is 213 g/mol. The first-order valence-corrected chi connectivity index (χ1v) is 4.25. The van der Waals surface area contributed by atoms with Gasteiger partial charge in [-0.05, 0) is 12.3 Å². The van der Waals surface area contributed by atoms with Crippen LogP contribution in [-0.2, 0) is 4.79 Å². The van der Waals surface area contributed by atoms with Crippen LogP contribution in [0.1, 0.15) is 26.7 Å². The first kappa shape index (κ1) is 16.3. The Balaban J connectivity index is 0. The molecule has 0 aliphatic rings. The Morgan fingerprint density at radius 2 is 2.00 bits per heavy atom. The molecule has 1 N–H and O–H groups in total. The van der Waals surface area contributed by atoms with Crippen molar-refractivity contribution < 1.29 is 14.8 Å². The molecule has 0 aromatic rings. The van der Waals surface area contributed by atoms with Gasteiger partial charge >= 0.3 is 35.5 Å². The summed E-state index contributed by atoms with van der Waals surface area (Å²) in [7, 11) is 0. The van der Waals surface area contributed by atoms with Gasteiger partial charge in [0, 0.05) is 10.8 Å². The van der Waals surface area contributed by atoms with Crippen LogP contribution in [0.5, 0.6) is 0 Å². The van der Waals surface area contributed by atoms with Gasteiger partial charge in [-0.3, -0.25) is 14.9 Å². The minimum atomic E-state index is -0.965. The molecule has 0 spiro atoms. The fourth-order valence-electron chi connectivity index (χ4n) is 1.35. The van der Waals surface area contributed by atoms with Gasteiger partial charge in [-0.25, -0.2) is 0 Å². The van der Waals surface area contributed by atoms with Crippen LogP contribution >= 0.6 is 0 Å². The molecule has 0 radical (unpaired) electrons. The van der Waals surface area contributed by atoms with Crippen molar-refractivity contribution in [2.75, 3.05) is 6.54 Å². The van der Waals surface area contributed by atoms with Gasteiger partial charge in [-0.2, -0.15) is 0 Å². The van der Waals surface area contributed by atoms with Crippen LogP contribution in [0.4, 0.5) is 0 Å². The SMILES string of the molecule is CC(C)C[C@H](CC(=O)O)C[N+](=O)[O-].[NaH]. The molecule has 5 nitrogen and oxygen atoms in total. The van der Waals surface area contributed by atoms with Crippen molar-refractivity contribution in [2.45, 2.75) is 26.7 Å². The van der Waals surface area contributed by atoms with E-state index in [0.29, 0.717) is 12.3 Å². The van der Waals surface area contributed by atoms with E-state index < -0.39 is 10.9 Å². The van der Waals surface area contributed by atoms with Crippen LogP contribution in [0.15, 0.2) is 0 Å². The Hall–Kier alpha value is -0.130. The number of nitro groups is 1. The molecule has 0 rings (SSSR count). The summed E-state index contributed by atoms with van der Waals surface area (Å²) < 4.78 is 0. The number of hydrogen-bond donors (Lipinski definition) is 1. The van der Waals surface area contributed by atoms with Gasteiger partial charge < -0.3 is 5.11 Å². The van der Waals surface area contributed by atoms with E-state index in [0.717, 1.165) is 0 Å². The molecule has 1 atom stereocenters. The zero-order valence-corrected chi connectivity index (χ0v) is 7.90. The van der Waals surface area contributed by atoms with Crippen LogP contribution in [0.25, 0.3) is 0 Å². The van der Waals surface area contributed by atoms with E-state index in [4.69, 9.17) is 5.11 Å². The third kappa shape index (κ3) is 9.95. The Kier molecular flexibility index (Phi) is 9.55. The molecule has 0 aliphatic heterocycles. The molecule has 0 aliphatic carbocycles. The standard InChI is InChI=1S/C8H15NO4.Na.H/c1-6(2)3-7(4-8(10)11)5-9(12)13;;/h6-7H,3-5H2,1-2H3,(H,10,11);;/t7-;;/m1../s1. The Bertz CT molecular complexity index is 180. The van der Waals surface area contributed by atoms with E-state index in [1.54, 1.807) is 0 Å². The summed E-state index contributed by atoms with van der Waals surface area (Å²) in [5, 5.41) is 18.7. The molecule has 14 heavy (non-hydrogen) atoms. The average Bonchev–Trinajstić information content (AvgIpc) is 1.80. The number of aliphatic carboxylic acids is 1. The number of hydrogen-bond acceptors (Lipinski definition) is 3. The van der Waals surface area contributed by atoms with Gasteiger partial charge in [0.25, 0.3) is 0 Å². The molecule has 6 heteroatoms. The summed E-state index contributed by atoms with van der Waals surface area (Å²) in [4.78, 5) is 20.1. The van der Waals surface area contributed by atoms with Crippen molar-refractivity contribution in [2.24, 2.45) is 11.8 Å². The van der Waals surface area contributed by atoms with Crippen LogP contribution in [0, 0.1) is 22.0 Å². The molecular weight excluding hydrogens is 197 g/mol.